The van der Waals surface area contributed by atoms with Crippen molar-refractivity contribution in [2.24, 2.45) is 0 Å². The quantitative estimate of drug-likeness (QED) is 0.843. The van der Waals surface area contributed by atoms with Crippen LogP contribution in [0.1, 0.15) is 25.0 Å². The number of carbonyl (C=O) groups is 1. The van der Waals surface area contributed by atoms with Gasteiger partial charge in [0, 0.05) is 12.6 Å². The number of nitrogens with one attached hydrogen (secondary N) is 2. The maximum atomic E-state index is 12.5. The third-order valence-corrected chi connectivity index (χ3v) is 2.78. The van der Waals surface area contributed by atoms with E-state index in [9.17, 15) is 18.0 Å². The van der Waals surface area contributed by atoms with Crippen LogP contribution >= 0.6 is 0 Å². The molecule has 0 aliphatic rings. The predicted molar refractivity (Wildman–Crippen MR) is 71.3 cm³/mol. The van der Waals surface area contributed by atoms with E-state index in [2.05, 4.69) is 10.6 Å². The molecule has 20 heavy (non-hydrogen) atoms. The van der Waals surface area contributed by atoms with Gasteiger partial charge < -0.3 is 10.6 Å². The summed E-state index contributed by atoms with van der Waals surface area (Å²) >= 11 is 0. The summed E-state index contributed by atoms with van der Waals surface area (Å²) < 4.78 is 37.6. The average Bonchev–Trinajstić information content (AvgIpc) is 2.36. The Hall–Kier alpha value is -1.56. The van der Waals surface area contributed by atoms with Crippen LogP contribution in [0.5, 0.6) is 0 Å². The van der Waals surface area contributed by atoms with Crippen LogP contribution < -0.4 is 10.6 Å². The minimum absolute atomic E-state index is 0.0528. The molecule has 6 heteroatoms. The minimum Gasteiger partial charge on any atom is -0.354 e. The summed E-state index contributed by atoms with van der Waals surface area (Å²) in [6, 6.07) is 4.96. The maximum absolute atomic E-state index is 12.5. The van der Waals surface area contributed by atoms with Gasteiger partial charge in [-0.15, -0.1) is 0 Å². The average molecular weight is 288 g/mol. The molecule has 0 radical (unpaired) electrons. The van der Waals surface area contributed by atoms with Gasteiger partial charge in [-0.25, -0.2) is 0 Å². The highest BCUT2D eigenvalue weighted by atomic mass is 19.4. The number of hydrogen-bond donors (Lipinski definition) is 2. The molecule has 0 unspecified atom stereocenters. The molecule has 0 fully saturated rings. The van der Waals surface area contributed by atoms with Crippen molar-refractivity contribution in [3.63, 3.8) is 0 Å². The summed E-state index contributed by atoms with van der Waals surface area (Å²) in [6.45, 7) is 5.13. The van der Waals surface area contributed by atoms with Crippen LogP contribution in [0.15, 0.2) is 24.3 Å². The van der Waals surface area contributed by atoms with Gasteiger partial charge in [0.1, 0.15) is 0 Å². The van der Waals surface area contributed by atoms with Crippen LogP contribution in [0.3, 0.4) is 0 Å². The number of rotatable bonds is 6. The Bertz CT molecular complexity index is 446. The molecule has 0 spiro atoms. The Kier molecular flexibility index (Phi) is 6.01. The van der Waals surface area contributed by atoms with Gasteiger partial charge in [-0.1, -0.05) is 25.1 Å². The third kappa shape index (κ3) is 5.61. The fourth-order valence-electron chi connectivity index (χ4n) is 1.79. The van der Waals surface area contributed by atoms with Crippen LogP contribution in [0.25, 0.3) is 0 Å². The molecule has 0 aromatic heterocycles. The summed E-state index contributed by atoms with van der Waals surface area (Å²) in [6.07, 6.45) is -4.44. The normalized spacial score (nSPS) is 13.1. The van der Waals surface area contributed by atoms with E-state index in [1.165, 1.54) is 12.1 Å². The van der Waals surface area contributed by atoms with E-state index >= 15 is 0 Å². The van der Waals surface area contributed by atoms with Crippen LogP contribution in [0, 0.1) is 0 Å². The van der Waals surface area contributed by atoms with E-state index in [1.807, 2.05) is 13.8 Å². The minimum atomic E-state index is -4.38. The largest absolute Gasteiger partial charge is 0.416 e. The van der Waals surface area contributed by atoms with Crippen molar-refractivity contribution in [1.82, 2.24) is 10.6 Å². The Balaban J connectivity index is 2.54. The lowest BCUT2D eigenvalue weighted by Crippen LogP contribution is -2.39. The Morgan fingerprint density at radius 1 is 1.35 bits per heavy atom. The highest BCUT2D eigenvalue weighted by molar-refractivity contribution is 5.78. The lowest BCUT2D eigenvalue weighted by molar-refractivity contribution is -0.137. The number of benzene rings is 1. The number of halogens is 3. The zero-order valence-corrected chi connectivity index (χ0v) is 11.6. The van der Waals surface area contributed by atoms with Gasteiger partial charge in [-0.3, -0.25) is 4.79 Å². The highest BCUT2D eigenvalue weighted by Gasteiger charge is 2.30. The molecule has 1 atom stereocenters. The summed E-state index contributed by atoms with van der Waals surface area (Å²) in [5.41, 5.74) is -0.378. The molecule has 1 rings (SSSR count). The molecule has 1 aromatic carbocycles. The number of amides is 1. The van der Waals surface area contributed by atoms with E-state index < -0.39 is 11.7 Å². The van der Waals surface area contributed by atoms with Gasteiger partial charge in [0.25, 0.3) is 0 Å². The maximum Gasteiger partial charge on any atom is 0.416 e. The molecule has 1 amide bonds. The van der Waals surface area contributed by atoms with Crippen molar-refractivity contribution in [1.29, 1.82) is 0 Å². The van der Waals surface area contributed by atoms with E-state index in [1.54, 1.807) is 0 Å². The van der Waals surface area contributed by atoms with Crippen molar-refractivity contribution in [2.45, 2.75) is 32.5 Å². The first-order valence-electron chi connectivity index (χ1n) is 6.49. The first-order valence-corrected chi connectivity index (χ1v) is 6.49. The first-order chi connectivity index (χ1) is 9.32. The van der Waals surface area contributed by atoms with Crippen molar-refractivity contribution in [2.75, 3.05) is 13.1 Å². The van der Waals surface area contributed by atoms with Gasteiger partial charge in [-0.05, 0) is 25.1 Å². The van der Waals surface area contributed by atoms with Gasteiger partial charge in [0.15, 0.2) is 0 Å². The van der Waals surface area contributed by atoms with Gasteiger partial charge >= 0.3 is 6.18 Å². The second kappa shape index (κ2) is 7.28. The molecular weight excluding hydrogens is 269 g/mol. The molecule has 112 valence electrons. The number of hydrogen-bond acceptors (Lipinski definition) is 2. The molecule has 0 saturated carbocycles. The summed E-state index contributed by atoms with van der Waals surface area (Å²) in [7, 11) is 0. The second-order valence-electron chi connectivity index (χ2n) is 4.64. The topological polar surface area (TPSA) is 41.1 Å². The van der Waals surface area contributed by atoms with Gasteiger partial charge in [0.05, 0.1) is 12.0 Å². The van der Waals surface area contributed by atoms with E-state index in [0.717, 1.165) is 18.7 Å². The first kappa shape index (κ1) is 16.5. The SMILES string of the molecule is CCN[C@H](C)CNC(=O)Cc1cccc(C(F)(F)F)c1. The van der Waals surface area contributed by atoms with Gasteiger partial charge in [-0.2, -0.15) is 13.2 Å². The van der Waals surface area contributed by atoms with Crippen LogP contribution in [0.2, 0.25) is 0 Å². The summed E-state index contributed by atoms with van der Waals surface area (Å²) in [4.78, 5) is 11.7. The van der Waals surface area contributed by atoms with E-state index in [-0.39, 0.29) is 18.4 Å². The smallest absolute Gasteiger partial charge is 0.354 e. The zero-order chi connectivity index (χ0) is 15.2. The molecule has 0 aliphatic heterocycles. The van der Waals surface area contributed by atoms with E-state index in [4.69, 9.17) is 0 Å². The Morgan fingerprint density at radius 2 is 2.05 bits per heavy atom. The molecule has 1 aromatic rings. The molecule has 0 aliphatic carbocycles. The van der Waals surface area contributed by atoms with Gasteiger partial charge in [0.2, 0.25) is 5.91 Å². The van der Waals surface area contributed by atoms with E-state index in [0.29, 0.717) is 12.1 Å². The van der Waals surface area contributed by atoms with Crippen molar-refractivity contribution in [3.05, 3.63) is 35.4 Å². The molecule has 2 N–H and O–H groups in total. The number of alkyl halides is 3. The molecule has 0 saturated heterocycles. The Labute approximate surface area is 116 Å². The lowest BCUT2D eigenvalue weighted by atomic mass is 10.1. The number of carbonyl (C=O) groups excluding carboxylic acids is 1. The van der Waals surface area contributed by atoms with Crippen molar-refractivity contribution in [3.8, 4) is 0 Å². The summed E-state index contributed by atoms with van der Waals surface area (Å²) in [5, 5.41) is 5.82. The highest BCUT2D eigenvalue weighted by Crippen LogP contribution is 2.29. The fourth-order valence-corrected chi connectivity index (χ4v) is 1.79. The predicted octanol–water partition coefficient (Wildman–Crippen LogP) is 2.36. The number of likely N-dealkylation sites (N-methyl/N-ethyl adjacent to an activating group) is 1. The van der Waals surface area contributed by atoms with Crippen LogP contribution in [-0.4, -0.2) is 25.0 Å². The molecule has 0 bridgehead atoms. The Morgan fingerprint density at radius 3 is 2.65 bits per heavy atom. The second-order valence-corrected chi connectivity index (χ2v) is 4.64. The standard InChI is InChI=1S/C14H19F3N2O/c1-3-18-10(2)9-19-13(20)8-11-5-4-6-12(7-11)14(15,16)17/h4-7,10,18H,3,8-9H2,1-2H3,(H,19,20)/t10-/m1/s1. The van der Waals surface area contributed by atoms with Crippen molar-refractivity contribution >= 4 is 5.91 Å². The zero-order valence-electron chi connectivity index (χ0n) is 11.6. The summed E-state index contributed by atoms with van der Waals surface area (Å²) in [5.74, 6) is -0.283. The fraction of sp³-hybridized carbons (Fsp3) is 0.500. The molecular formula is C14H19F3N2O. The van der Waals surface area contributed by atoms with Crippen molar-refractivity contribution < 1.29 is 18.0 Å². The van der Waals surface area contributed by atoms with Crippen LogP contribution in [-0.2, 0) is 17.4 Å². The third-order valence-electron chi connectivity index (χ3n) is 2.78. The molecule has 3 nitrogen and oxygen atoms in total. The lowest BCUT2D eigenvalue weighted by Gasteiger charge is -2.13. The monoisotopic (exact) mass is 288 g/mol. The molecule has 0 heterocycles. The van der Waals surface area contributed by atoms with Crippen LogP contribution in [0.4, 0.5) is 13.2 Å².